The van der Waals surface area contributed by atoms with Crippen molar-refractivity contribution in [2.75, 3.05) is 6.54 Å². The van der Waals surface area contributed by atoms with Gasteiger partial charge in [0.1, 0.15) is 0 Å². The fourth-order valence-corrected chi connectivity index (χ4v) is 3.44. The third-order valence-electron chi connectivity index (χ3n) is 3.27. The molecule has 0 bridgehead atoms. The molecule has 1 saturated heterocycles. The molecule has 23 heavy (non-hydrogen) atoms. The van der Waals surface area contributed by atoms with E-state index in [1.807, 2.05) is 47.2 Å². The molecule has 1 aliphatic rings. The van der Waals surface area contributed by atoms with Gasteiger partial charge in [0.25, 0.3) is 11.1 Å². The maximum atomic E-state index is 12.2. The van der Waals surface area contributed by atoms with Crippen molar-refractivity contribution in [2.45, 2.75) is 0 Å². The fraction of sp³-hybridized carbons (Fsp3) is 0.0588. The van der Waals surface area contributed by atoms with Crippen molar-refractivity contribution < 1.29 is 9.59 Å². The standard InChI is InChI=1S/C17H11BrN2O2S/c1-2-8-20-16(21)15(23-17(20)22)11-14-7-4-9-19(14)13-6-3-5-12(18)10-13/h1,3-7,9-11H,8H2/b15-11+. The number of aromatic nitrogens is 1. The lowest BCUT2D eigenvalue weighted by atomic mass is 10.3. The summed E-state index contributed by atoms with van der Waals surface area (Å²) < 4.78 is 2.91. The molecule has 1 aromatic heterocycles. The number of thioether (sulfide) groups is 1. The van der Waals surface area contributed by atoms with Crippen LogP contribution in [0.15, 0.2) is 52.0 Å². The van der Waals surface area contributed by atoms with E-state index in [-0.39, 0.29) is 17.7 Å². The van der Waals surface area contributed by atoms with Gasteiger partial charge < -0.3 is 4.57 Å². The Balaban J connectivity index is 1.96. The highest BCUT2D eigenvalue weighted by Crippen LogP contribution is 2.32. The lowest BCUT2D eigenvalue weighted by molar-refractivity contribution is -0.122. The molecule has 0 N–H and O–H groups in total. The van der Waals surface area contributed by atoms with E-state index >= 15 is 0 Å². The van der Waals surface area contributed by atoms with Gasteiger partial charge in [-0.05, 0) is 48.2 Å². The van der Waals surface area contributed by atoms with E-state index in [2.05, 4.69) is 21.9 Å². The molecule has 0 unspecified atom stereocenters. The van der Waals surface area contributed by atoms with E-state index in [9.17, 15) is 9.59 Å². The van der Waals surface area contributed by atoms with E-state index in [0.29, 0.717) is 4.91 Å². The monoisotopic (exact) mass is 386 g/mol. The molecular formula is C17H11BrN2O2S. The summed E-state index contributed by atoms with van der Waals surface area (Å²) in [5.74, 6) is 1.98. The maximum Gasteiger partial charge on any atom is 0.294 e. The number of rotatable bonds is 3. The van der Waals surface area contributed by atoms with Crippen LogP contribution in [0.5, 0.6) is 0 Å². The highest BCUT2D eigenvalue weighted by atomic mass is 79.9. The number of carbonyl (C=O) groups is 2. The molecule has 6 heteroatoms. The summed E-state index contributed by atoms with van der Waals surface area (Å²) in [4.78, 5) is 25.5. The molecule has 1 fully saturated rings. The SMILES string of the molecule is C#CCN1C(=O)S/C(=C/c2cccn2-c2cccc(Br)c2)C1=O. The van der Waals surface area contributed by atoms with Crippen LogP contribution in [-0.2, 0) is 4.79 Å². The van der Waals surface area contributed by atoms with Gasteiger partial charge in [0, 0.05) is 22.1 Å². The number of nitrogens with zero attached hydrogens (tertiary/aromatic N) is 2. The first-order valence-corrected chi connectivity index (χ1v) is 8.33. The largest absolute Gasteiger partial charge is 0.317 e. The Morgan fingerprint density at radius 1 is 1.26 bits per heavy atom. The number of carbonyl (C=O) groups excluding carboxylic acids is 2. The smallest absolute Gasteiger partial charge is 0.294 e. The van der Waals surface area contributed by atoms with E-state index in [0.717, 1.165) is 32.5 Å². The molecule has 3 rings (SSSR count). The van der Waals surface area contributed by atoms with Crippen LogP contribution < -0.4 is 0 Å². The van der Waals surface area contributed by atoms with Gasteiger partial charge in [-0.3, -0.25) is 14.5 Å². The van der Waals surface area contributed by atoms with Gasteiger partial charge in [-0.25, -0.2) is 0 Å². The summed E-state index contributed by atoms with van der Waals surface area (Å²) >= 11 is 4.35. The summed E-state index contributed by atoms with van der Waals surface area (Å²) in [6.45, 7) is -0.00531. The Morgan fingerprint density at radius 3 is 2.83 bits per heavy atom. The van der Waals surface area contributed by atoms with Gasteiger partial charge in [-0.1, -0.05) is 27.9 Å². The number of hydrogen-bond acceptors (Lipinski definition) is 3. The van der Waals surface area contributed by atoms with Gasteiger partial charge in [0.2, 0.25) is 0 Å². The van der Waals surface area contributed by atoms with Crippen molar-refractivity contribution in [3.63, 3.8) is 0 Å². The molecule has 0 radical (unpaired) electrons. The Kier molecular flexibility index (Phi) is 4.42. The van der Waals surface area contributed by atoms with Gasteiger partial charge in [0.15, 0.2) is 0 Å². The normalized spacial score (nSPS) is 16.2. The van der Waals surface area contributed by atoms with Gasteiger partial charge in [0.05, 0.1) is 11.4 Å². The summed E-state index contributed by atoms with van der Waals surface area (Å²) in [5, 5.41) is -0.334. The maximum absolute atomic E-state index is 12.2. The average Bonchev–Trinajstić information content (AvgIpc) is 3.08. The van der Waals surface area contributed by atoms with E-state index < -0.39 is 0 Å². The van der Waals surface area contributed by atoms with Crippen LogP contribution in [0, 0.1) is 12.3 Å². The van der Waals surface area contributed by atoms with Crippen LogP contribution in [0.25, 0.3) is 11.8 Å². The molecule has 0 aliphatic carbocycles. The number of halogens is 1. The van der Waals surface area contributed by atoms with Crippen molar-refractivity contribution >= 4 is 44.9 Å². The minimum atomic E-state index is -0.347. The van der Waals surface area contributed by atoms with Gasteiger partial charge >= 0.3 is 0 Å². The Bertz CT molecular complexity index is 863. The van der Waals surface area contributed by atoms with Crippen molar-refractivity contribution in [3.05, 3.63) is 57.7 Å². The zero-order valence-corrected chi connectivity index (χ0v) is 14.3. The number of terminal acetylenes is 1. The summed E-state index contributed by atoms with van der Waals surface area (Å²) in [6, 6.07) is 11.6. The molecule has 4 nitrogen and oxygen atoms in total. The number of amides is 2. The zero-order valence-electron chi connectivity index (χ0n) is 11.9. The lowest BCUT2D eigenvalue weighted by Crippen LogP contribution is -2.28. The highest BCUT2D eigenvalue weighted by Gasteiger charge is 2.34. The van der Waals surface area contributed by atoms with Crippen molar-refractivity contribution in [2.24, 2.45) is 0 Å². The second-order valence-electron chi connectivity index (χ2n) is 4.75. The second kappa shape index (κ2) is 6.49. The molecule has 0 atom stereocenters. The van der Waals surface area contributed by atoms with Crippen LogP contribution >= 0.6 is 27.7 Å². The van der Waals surface area contributed by atoms with Crippen LogP contribution in [0.4, 0.5) is 4.79 Å². The third kappa shape index (κ3) is 3.11. The van der Waals surface area contributed by atoms with Crippen LogP contribution in [0.2, 0.25) is 0 Å². The molecule has 2 amide bonds. The second-order valence-corrected chi connectivity index (χ2v) is 6.66. The topological polar surface area (TPSA) is 42.3 Å². The minimum absolute atomic E-state index is 0.00531. The molecular weight excluding hydrogens is 376 g/mol. The number of imide groups is 1. The van der Waals surface area contributed by atoms with Gasteiger partial charge in [-0.2, -0.15) is 0 Å². The van der Waals surface area contributed by atoms with Crippen LogP contribution in [0.3, 0.4) is 0 Å². The Labute approximate surface area is 146 Å². The molecule has 0 spiro atoms. The predicted octanol–water partition coefficient (Wildman–Crippen LogP) is 3.91. The summed E-state index contributed by atoms with van der Waals surface area (Å²) in [6.07, 6.45) is 8.81. The van der Waals surface area contributed by atoms with Crippen LogP contribution in [-0.4, -0.2) is 27.2 Å². The molecule has 114 valence electrons. The van der Waals surface area contributed by atoms with Crippen molar-refractivity contribution in [3.8, 4) is 18.0 Å². The molecule has 2 heterocycles. The minimum Gasteiger partial charge on any atom is -0.317 e. The molecule has 1 aliphatic heterocycles. The third-order valence-corrected chi connectivity index (χ3v) is 4.67. The quantitative estimate of drug-likeness (QED) is 0.593. The molecule has 0 saturated carbocycles. The Hall–Kier alpha value is -2.23. The predicted molar refractivity (Wildman–Crippen MR) is 95.0 cm³/mol. The number of benzene rings is 1. The van der Waals surface area contributed by atoms with E-state index in [1.54, 1.807) is 6.08 Å². The average molecular weight is 387 g/mol. The Morgan fingerprint density at radius 2 is 2.09 bits per heavy atom. The van der Waals surface area contributed by atoms with E-state index in [1.165, 1.54) is 0 Å². The fourth-order valence-electron chi connectivity index (χ4n) is 2.23. The van der Waals surface area contributed by atoms with Crippen LogP contribution in [0.1, 0.15) is 5.69 Å². The lowest BCUT2D eigenvalue weighted by Gasteiger charge is -2.08. The first-order chi connectivity index (χ1) is 11.1. The first-order valence-electron chi connectivity index (χ1n) is 6.72. The van der Waals surface area contributed by atoms with Crippen molar-refractivity contribution in [1.82, 2.24) is 9.47 Å². The zero-order chi connectivity index (χ0) is 16.4. The van der Waals surface area contributed by atoms with Gasteiger partial charge in [-0.15, -0.1) is 6.42 Å². The highest BCUT2D eigenvalue weighted by molar-refractivity contribution is 9.10. The summed E-state index contributed by atoms with van der Waals surface area (Å²) in [7, 11) is 0. The van der Waals surface area contributed by atoms with Crippen molar-refractivity contribution in [1.29, 1.82) is 0 Å². The molecule has 1 aromatic carbocycles. The first kappa shape index (κ1) is 15.7. The summed E-state index contributed by atoms with van der Waals surface area (Å²) in [5.41, 5.74) is 1.77. The molecule has 2 aromatic rings. The van der Waals surface area contributed by atoms with E-state index in [4.69, 9.17) is 6.42 Å². The number of hydrogen-bond donors (Lipinski definition) is 0.